The molecule has 2 unspecified atom stereocenters. The molecule has 1 aromatic heterocycles. The zero-order valence-corrected chi connectivity index (χ0v) is 13.8. The van der Waals surface area contributed by atoms with Crippen molar-refractivity contribution >= 4 is 0 Å². The van der Waals surface area contributed by atoms with Gasteiger partial charge in [0.05, 0.1) is 25.5 Å². The molecule has 124 valence electrons. The minimum atomic E-state index is 0.379. The number of methoxy groups -OCH3 is 1. The van der Waals surface area contributed by atoms with Gasteiger partial charge in [0.15, 0.2) is 0 Å². The van der Waals surface area contributed by atoms with Gasteiger partial charge in [-0.2, -0.15) is 5.10 Å². The van der Waals surface area contributed by atoms with Crippen LogP contribution in [0.1, 0.15) is 18.4 Å². The van der Waals surface area contributed by atoms with Crippen LogP contribution >= 0.6 is 0 Å². The van der Waals surface area contributed by atoms with Crippen LogP contribution in [0, 0.1) is 0 Å². The van der Waals surface area contributed by atoms with Crippen LogP contribution in [0.4, 0.5) is 0 Å². The average molecular weight is 308 g/mol. The lowest BCUT2D eigenvalue weighted by Crippen LogP contribution is -2.52. The quantitative estimate of drug-likeness (QED) is 0.802. The van der Waals surface area contributed by atoms with Gasteiger partial charge in [-0.05, 0) is 12.8 Å². The third-order valence-corrected chi connectivity index (χ3v) is 4.83. The second-order valence-corrected chi connectivity index (χ2v) is 6.38. The van der Waals surface area contributed by atoms with E-state index in [0.29, 0.717) is 12.1 Å². The predicted molar refractivity (Wildman–Crippen MR) is 84.7 cm³/mol. The normalized spacial score (nSPS) is 27.5. The Bertz CT molecular complexity index is 465. The van der Waals surface area contributed by atoms with Gasteiger partial charge in [-0.15, -0.1) is 0 Å². The zero-order valence-electron chi connectivity index (χ0n) is 13.8. The van der Waals surface area contributed by atoms with Crippen LogP contribution in [0.5, 0.6) is 0 Å². The summed E-state index contributed by atoms with van der Waals surface area (Å²) >= 11 is 0. The number of rotatable bonds is 5. The maximum Gasteiger partial charge on any atom is 0.0743 e. The SMILES string of the molecule is COCCN1CCOC2CCN(Cc3cnn(C)c3)CCC21. The molecular formula is C16H28N4O2. The van der Waals surface area contributed by atoms with Crippen LogP contribution in [-0.4, -0.2) is 78.2 Å². The summed E-state index contributed by atoms with van der Waals surface area (Å²) in [5.41, 5.74) is 1.30. The summed E-state index contributed by atoms with van der Waals surface area (Å²) in [6.45, 7) is 6.94. The second-order valence-electron chi connectivity index (χ2n) is 6.38. The lowest BCUT2D eigenvalue weighted by Gasteiger charge is -2.40. The topological polar surface area (TPSA) is 42.8 Å². The van der Waals surface area contributed by atoms with Gasteiger partial charge in [0.2, 0.25) is 0 Å². The van der Waals surface area contributed by atoms with Crippen molar-refractivity contribution in [3.63, 3.8) is 0 Å². The Morgan fingerprint density at radius 3 is 2.95 bits per heavy atom. The zero-order chi connectivity index (χ0) is 15.4. The fourth-order valence-electron chi connectivity index (χ4n) is 3.67. The van der Waals surface area contributed by atoms with Gasteiger partial charge in [-0.3, -0.25) is 14.5 Å². The van der Waals surface area contributed by atoms with E-state index in [9.17, 15) is 0 Å². The monoisotopic (exact) mass is 308 g/mol. The molecule has 3 rings (SSSR count). The highest BCUT2D eigenvalue weighted by Crippen LogP contribution is 2.24. The molecule has 0 radical (unpaired) electrons. The summed E-state index contributed by atoms with van der Waals surface area (Å²) in [6.07, 6.45) is 6.76. The average Bonchev–Trinajstić information content (AvgIpc) is 2.81. The van der Waals surface area contributed by atoms with Gasteiger partial charge in [0.1, 0.15) is 0 Å². The van der Waals surface area contributed by atoms with E-state index in [4.69, 9.17) is 9.47 Å². The van der Waals surface area contributed by atoms with E-state index in [-0.39, 0.29) is 0 Å². The smallest absolute Gasteiger partial charge is 0.0743 e. The van der Waals surface area contributed by atoms with Gasteiger partial charge in [-0.1, -0.05) is 0 Å². The molecule has 0 saturated carbocycles. The molecular weight excluding hydrogens is 280 g/mol. The molecule has 0 amide bonds. The van der Waals surface area contributed by atoms with E-state index < -0.39 is 0 Å². The number of hydrogen-bond acceptors (Lipinski definition) is 5. The molecule has 3 heterocycles. The van der Waals surface area contributed by atoms with Crippen molar-refractivity contribution in [3.8, 4) is 0 Å². The molecule has 2 saturated heterocycles. The second kappa shape index (κ2) is 7.55. The molecule has 2 atom stereocenters. The number of aromatic nitrogens is 2. The van der Waals surface area contributed by atoms with Crippen molar-refractivity contribution in [3.05, 3.63) is 18.0 Å². The Morgan fingerprint density at radius 1 is 1.32 bits per heavy atom. The molecule has 2 aliphatic heterocycles. The summed E-state index contributed by atoms with van der Waals surface area (Å²) in [7, 11) is 3.75. The van der Waals surface area contributed by atoms with Crippen molar-refractivity contribution in [2.75, 3.05) is 46.5 Å². The lowest BCUT2D eigenvalue weighted by atomic mass is 10.0. The maximum atomic E-state index is 6.05. The van der Waals surface area contributed by atoms with Crippen LogP contribution in [0.3, 0.4) is 0 Å². The molecule has 0 spiro atoms. The predicted octanol–water partition coefficient (Wildman–Crippen LogP) is 0.732. The highest BCUT2D eigenvalue weighted by Gasteiger charge is 2.34. The van der Waals surface area contributed by atoms with E-state index in [2.05, 4.69) is 21.1 Å². The first-order valence-electron chi connectivity index (χ1n) is 8.30. The van der Waals surface area contributed by atoms with E-state index in [1.807, 2.05) is 17.9 Å². The highest BCUT2D eigenvalue weighted by molar-refractivity contribution is 5.03. The number of fused-ring (bicyclic) bond motifs is 1. The Morgan fingerprint density at radius 2 is 2.18 bits per heavy atom. The Hall–Kier alpha value is -0.950. The van der Waals surface area contributed by atoms with Gasteiger partial charge < -0.3 is 9.47 Å². The molecule has 6 heteroatoms. The molecule has 1 aromatic rings. The molecule has 0 aromatic carbocycles. The van der Waals surface area contributed by atoms with Crippen LogP contribution in [0.15, 0.2) is 12.4 Å². The molecule has 0 aliphatic carbocycles. The largest absolute Gasteiger partial charge is 0.383 e. The number of nitrogens with zero attached hydrogens (tertiary/aromatic N) is 4. The number of aryl methyl sites for hydroxylation is 1. The summed E-state index contributed by atoms with van der Waals surface area (Å²) in [5, 5.41) is 4.27. The number of likely N-dealkylation sites (tertiary alicyclic amines) is 1. The highest BCUT2D eigenvalue weighted by atomic mass is 16.5. The molecule has 22 heavy (non-hydrogen) atoms. The first-order chi connectivity index (χ1) is 10.8. The first-order valence-corrected chi connectivity index (χ1v) is 8.30. The molecule has 0 N–H and O–H groups in total. The molecule has 2 aliphatic rings. The molecule has 0 bridgehead atoms. The number of morpholine rings is 1. The van der Waals surface area contributed by atoms with Crippen LogP contribution < -0.4 is 0 Å². The van der Waals surface area contributed by atoms with E-state index in [1.54, 1.807) is 7.11 Å². The third kappa shape index (κ3) is 3.87. The van der Waals surface area contributed by atoms with Crippen LogP contribution in [-0.2, 0) is 23.1 Å². The first kappa shape index (κ1) is 15.9. The van der Waals surface area contributed by atoms with Crippen LogP contribution in [0.25, 0.3) is 0 Å². The van der Waals surface area contributed by atoms with Crippen LogP contribution in [0.2, 0.25) is 0 Å². The lowest BCUT2D eigenvalue weighted by molar-refractivity contribution is -0.0761. The van der Waals surface area contributed by atoms with Crippen molar-refractivity contribution in [2.24, 2.45) is 7.05 Å². The minimum Gasteiger partial charge on any atom is -0.383 e. The Labute approximate surface area is 133 Å². The third-order valence-electron chi connectivity index (χ3n) is 4.83. The van der Waals surface area contributed by atoms with Crippen molar-refractivity contribution < 1.29 is 9.47 Å². The van der Waals surface area contributed by atoms with E-state index >= 15 is 0 Å². The standard InChI is InChI=1S/C16H28N4O2/c1-18-12-14(11-17-18)13-19-5-3-15-16(4-6-19)22-10-8-20(15)7-9-21-2/h11-12,15-16H,3-10,13H2,1-2H3. The fraction of sp³-hybridized carbons (Fsp3) is 0.812. The maximum absolute atomic E-state index is 6.05. The Kier molecular flexibility index (Phi) is 5.46. The summed E-state index contributed by atoms with van der Waals surface area (Å²) in [5.74, 6) is 0. The Balaban J connectivity index is 1.57. The molecule has 6 nitrogen and oxygen atoms in total. The summed E-state index contributed by atoms with van der Waals surface area (Å²) < 4.78 is 13.2. The van der Waals surface area contributed by atoms with E-state index in [1.165, 1.54) is 12.0 Å². The van der Waals surface area contributed by atoms with E-state index in [0.717, 1.165) is 52.4 Å². The summed E-state index contributed by atoms with van der Waals surface area (Å²) in [6, 6.07) is 0.544. The van der Waals surface area contributed by atoms with Crippen molar-refractivity contribution in [2.45, 2.75) is 31.5 Å². The van der Waals surface area contributed by atoms with Crippen molar-refractivity contribution in [1.29, 1.82) is 0 Å². The van der Waals surface area contributed by atoms with Gasteiger partial charge in [0.25, 0.3) is 0 Å². The number of ether oxygens (including phenoxy) is 2. The summed E-state index contributed by atoms with van der Waals surface area (Å²) in [4.78, 5) is 5.10. The fourth-order valence-corrected chi connectivity index (χ4v) is 3.67. The molecule has 2 fully saturated rings. The van der Waals surface area contributed by atoms with Gasteiger partial charge in [0, 0.05) is 64.7 Å². The minimum absolute atomic E-state index is 0.379. The van der Waals surface area contributed by atoms with Crippen molar-refractivity contribution in [1.82, 2.24) is 19.6 Å². The number of hydrogen-bond donors (Lipinski definition) is 0. The van der Waals surface area contributed by atoms with Gasteiger partial charge >= 0.3 is 0 Å². The van der Waals surface area contributed by atoms with Gasteiger partial charge in [-0.25, -0.2) is 0 Å².